The first kappa shape index (κ1) is 19.8. The zero-order valence-corrected chi connectivity index (χ0v) is 16.3. The van der Waals surface area contributed by atoms with Gasteiger partial charge in [0.05, 0.1) is 4.90 Å². The molecule has 1 fully saturated rings. The first-order valence-corrected chi connectivity index (χ1v) is 9.88. The van der Waals surface area contributed by atoms with Gasteiger partial charge in [-0.3, -0.25) is 4.79 Å². The average molecular weight is 369 g/mol. The first-order valence-electron chi connectivity index (χ1n) is 8.44. The minimum absolute atomic E-state index is 0.220. The second kappa shape index (κ2) is 8.27. The smallest absolute Gasteiger partial charge is 0.251 e. The fourth-order valence-electron chi connectivity index (χ4n) is 2.68. The lowest BCUT2D eigenvalue weighted by Crippen LogP contribution is -2.47. The Kier molecular flexibility index (Phi) is 6.56. The summed E-state index contributed by atoms with van der Waals surface area (Å²) in [5, 5.41) is 2.82. The van der Waals surface area contributed by atoms with Crippen LogP contribution in [0.15, 0.2) is 23.1 Å². The van der Waals surface area contributed by atoms with E-state index in [9.17, 15) is 13.2 Å². The fraction of sp³-hybridized carbons (Fsp3) is 0.588. The van der Waals surface area contributed by atoms with Crippen LogP contribution in [0.4, 0.5) is 0 Å². The zero-order chi connectivity index (χ0) is 18.6. The number of piperazine rings is 1. The Labute approximate surface area is 150 Å². The van der Waals surface area contributed by atoms with E-state index in [0.29, 0.717) is 43.9 Å². The van der Waals surface area contributed by atoms with Gasteiger partial charge in [-0.15, -0.1) is 0 Å². The number of nitrogens with one attached hydrogen (secondary N) is 1. The number of benzene rings is 1. The molecule has 1 N–H and O–H groups in total. The molecule has 0 unspecified atom stereocenters. The molecule has 0 bridgehead atoms. The number of aryl methyl sites for hydroxylation is 1. The molecule has 1 aromatic carbocycles. The highest BCUT2D eigenvalue weighted by Crippen LogP contribution is 2.22. The summed E-state index contributed by atoms with van der Waals surface area (Å²) in [7, 11) is 2.25. The third-order valence-corrected chi connectivity index (χ3v) is 6.42. The molecule has 2 rings (SSSR count). The van der Waals surface area contributed by atoms with Crippen molar-refractivity contribution in [1.82, 2.24) is 19.4 Å². The van der Waals surface area contributed by atoms with E-state index in [1.54, 1.807) is 19.1 Å². The third kappa shape index (κ3) is 5.01. The van der Waals surface area contributed by atoms with Gasteiger partial charge in [0.25, 0.3) is 5.91 Å². The molecular formula is C17H28N4O3S. The third-order valence-electron chi connectivity index (χ3n) is 4.37. The van der Waals surface area contributed by atoms with Crippen molar-refractivity contribution in [2.45, 2.75) is 11.8 Å². The van der Waals surface area contributed by atoms with E-state index >= 15 is 0 Å². The maximum atomic E-state index is 13.0. The molecule has 1 heterocycles. The van der Waals surface area contributed by atoms with Crippen molar-refractivity contribution in [3.05, 3.63) is 29.3 Å². The van der Waals surface area contributed by atoms with Gasteiger partial charge in [-0.1, -0.05) is 6.07 Å². The molecule has 0 aromatic heterocycles. The predicted molar refractivity (Wildman–Crippen MR) is 98.3 cm³/mol. The molecule has 0 spiro atoms. The van der Waals surface area contributed by atoms with E-state index < -0.39 is 10.0 Å². The van der Waals surface area contributed by atoms with Crippen LogP contribution in [0.2, 0.25) is 0 Å². The molecule has 0 saturated carbocycles. The van der Waals surface area contributed by atoms with Crippen molar-refractivity contribution >= 4 is 15.9 Å². The molecule has 1 saturated heterocycles. The Balaban J connectivity index is 2.19. The summed E-state index contributed by atoms with van der Waals surface area (Å²) in [5.74, 6) is -0.253. The number of amides is 1. The van der Waals surface area contributed by atoms with E-state index in [1.165, 1.54) is 10.4 Å². The van der Waals surface area contributed by atoms with E-state index in [2.05, 4.69) is 10.2 Å². The van der Waals surface area contributed by atoms with Crippen LogP contribution < -0.4 is 5.32 Å². The molecule has 0 aliphatic carbocycles. The van der Waals surface area contributed by atoms with Crippen LogP contribution in [0.5, 0.6) is 0 Å². The number of hydrogen-bond acceptors (Lipinski definition) is 5. The number of hydrogen-bond donors (Lipinski definition) is 1. The molecule has 0 atom stereocenters. The molecule has 140 valence electrons. The van der Waals surface area contributed by atoms with Gasteiger partial charge in [0.1, 0.15) is 0 Å². The Bertz CT molecular complexity index is 711. The van der Waals surface area contributed by atoms with Gasteiger partial charge in [0.2, 0.25) is 10.0 Å². The maximum Gasteiger partial charge on any atom is 0.251 e. The van der Waals surface area contributed by atoms with Crippen molar-refractivity contribution in [2.75, 3.05) is 60.4 Å². The highest BCUT2D eigenvalue weighted by Gasteiger charge is 2.29. The Hall–Kier alpha value is -1.48. The molecule has 8 heteroatoms. The predicted octanol–water partition coefficient (Wildman–Crippen LogP) is 0.223. The van der Waals surface area contributed by atoms with Crippen LogP contribution in [-0.4, -0.2) is 88.8 Å². The van der Waals surface area contributed by atoms with Crippen LogP contribution >= 0.6 is 0 Å². The van der Waals surface area contributed by atoms with E-state index in [0.717, 1.165) is 6.54 Å². The lowest BCUT2D eigenvalue weighted by Gasteiger charge is -2.32. The second-order valence-electron chi connectivity index (χ2n) is 6.75. The highest BCUT2D eigenvalue weighted by molar-refractivity contribution is 7.89. The van der Waals surface area contributed by atoms with Crippen molar-refractivity contribution in [1.29, 1.82) is 0 Å². The summed E-state index contributed by atoms with van der Waals surface area (Å²) in [6.07, 6.45) is 0. The molecule has 0 radical (unpaired) electrons. The van der Waals surface area contributed by atoms with Crippen molar-refractivity contribution in [3.8, 4) is 0 Å². The summed E-state index contributed by atoms with van der Waals surface area (Å²) in [5.41, 5.74) is 1.03. The maximum absolute atomic E-state index is 13.0. The van der Waals surface area contributed by atoms with Crippen LogP contribution in [-0.2, 0) is 10.0 Å². The number of likely N-dealkylation sites (N-methyl/N-ethyl adjacent to an activating group) is 2. The van der Waals surface area contributed by atoms with Gasteiger partial charge in [0, 0.05) is 44.8 Å². The number of rotatable bonds is 6. The summed E-state index contributed by atoms with van der Waals surface area (Å²) >= 11 is 0. The summed E-state index contributed by atoms with van der Waals surface area (Å²) in [4.78, 5) is 16.6. The molecule has 1 aliphatic heterocycles. The Morgan fingerprint density at radius 1 is 1.20 bits per heavy atom. The largest absolute Gasteiger partial charge is 0.351 e. The van der Waals surface area contributed by atoms with Gasteiger partial charge in [0.15, 0.2) is 0 Å². The van der Waals surface area contributed by atoms with Gasteiger partial charge in [-0.2, -0.15) is 4.31 Å². The summed E-state index contributed by atoms with van der Waals surface area (Å²) in [6.45, 7) is 5.36. The lowest BCUT2D eigenvalue weighted by molar-refractivity contribution is 0.0951. The van der Waals surface area contributed by atoms with Gasteiger partial charge < -0.3 is 15.1 Å². The SMILES string of the molecule is Cc1ccc(C(=O)NCCN(C)C)cc1S(=O)(=O)N1CCN(C)CC1. The molecular weight excluding hydrogens is 340 g/mol. The molecule has 25 heavy (non-hydrogen) atoms. The minimum Gasteiger partial charge on any atom is -0.351 e. The standard InChI is InChI=1S/C17H28N4O3S/c1-14-5-6-15(17(22)18-7-8-19(2)3)13-16(14)25(23,24)21-11-9-20(4)10-12-21/h5-6,13H,7-12H2,1-4H3,(H,18,22). The molecule has 1 aromatic rings. The van der Waals surface area contributed by atoms with Crippen molar-refractivity contribution in [3.63, 3.8) is 0 Å². The Morgan fingerprint density at radius 3 is 2.44 bits per heavy atom. The fourth-order valence-corrected chi connectivity index (χ4v) is 4.35. The van der Waals surface area contributed by atoms with Gasteiger partial charge >= 0.3 is 0 Å². The summed E-state index contributed by atoms with van der Waals surface area (Å²) in [6, 6.07) is 4.86. The lowest BCUT2D eigenvalue weighted by atomic mass is 10.1. The van der Waals surface area contributed by atoms with Crippen molar-refractivity contribution < 1.29 is 13.2 Å². The molecule has 1 aliphatic rings. The first-order chi connectivity index (χ1) is 11.7. The number of sulfonamides is 1. The summed E-state index contributed by atoms with van der Waals surface area (Å²) < 4.78 is 27.4. The molecule has 1 amide bonds. The molecule has 7 nitrogen and oxygen atoms in total. The van der Waals surface area contributed by atoms with Crippen molar-refractivity contribution in [2.24, 2.45) is 0 Å². The average Bonchev–Trinajstić information content (AvgIpc) is 2.55. The second-order valence-corrected chi connectivity index (χ2v) is 8.65. The zero-order valence-electron chi connectivity index (χ0n) is 15.4. The van der Waals surface area contributed by atoms with Crippen LogP contribution in [0.1, 0.15) is 15.9 Å². The van der Waals surface area contributed by atoms with E-state index in [-0.39, 0.29) is 10.8 Å². The highest BCUT2D eigenvalue weighted by atomic mass is 32.2. The van der Waals surface area contributed by atoms with E-state index in [1.807, 2.05) is 26.0 Å². The number of carbonyl (C=O) groups excluding carboxylic acids is 1. The van der Waals surface area contributed by atoms with E-state index in [4.69, 9.17) is 0 Å². The van der Waals surface area contributed by atoms with Crippen LogP contribution in [0.25, 0.3) is 0 Å². The van der Waals surface area contributed by atoms with Gasteiger partial charge in [-0.05, 0) is 45.8 Å². The van der Waals surface area contributed by atoms with Crippen LogP contribution in [0.3, 0.4) is 0 Å². The number of carbonyl (C=O) groups is 1. The topological polar surface area (TPSA) is 73.0 Å². The number of nitrogens with zero attached hydrogens (tertiary/aromatic N) is 3. The minimum atomic E-state index is -3.59. The normalized spacial score (nSPS) is 17.0. The van der Waals surface area contributed by atoms with Gasteiger partial charge in [-0.25, -0.2) is 8.42 Å². The quantitative estimate of drug-likeness (QED) is 0.778. The van der Waals surface area contributed by atoms with Crippen LogP contribution in [0, 0.1) is 6.92 Å². The Morgan fingerprint density at radius 2 is 1.84 bits per heavy atom. The monoisotopic (exact) mass is 368 g/mol.